The van der Waals surface area contributed by atoms with Crippen molar-refractivity contribution in [1.29, 1.82) is 0 Å². The fraction of sp³-hybridized carbons (Fsp3) is 0.333. The highest BCUT2D eigenvalue weighted by Gasteiger charge is 2.52. The van der Waals surface area contributed by atoms with Gasteiger partial charge in [0.1, 0.15) is 5.75 Å². The lowest BCUT2D eigenvalue weighted by atomic mass is 9.85. The largest absolute Gasteiger partial charge is 0.431 e. The van der Waals surface area contributed by atoms with E-state index in [-0.39, 0.29) is 35.6 Å². The number of allylic oxidation sites excluding steroid dienone is 2. The Kier molecular flexibility index (Phi) is 4.43. The number of carbonyl (C=O) groups excluding carboxylic acids is 3. The summed E-state index contributed by atoms with van der Waals surface area (Å²) >= 11 is 1.39. The zero-order valence-electron chi connectivity index (χ0n) is 15.6. The molecule has 0 N–H and O–H groups in total. The minimum absolute atomic E-state index is 0.0786. The van der Waals surface area contributed by atoms with Crippen molar-refractivity contribution < 1.29 is 19.1 Å². The van der Waals surface area contributed by atoms with Crippen LogP contribution in [0.4, 0.5) is 0 Å². The lowest BCUT2D eigenvalue weighted by Gasteiger charge is -2.43. The van der Waals surface area contributed by atoms with E-state index in [1.54, 1.807) is 35.4 Å². The van der Waals surface area contributed by atoms with Crippen molar-refractivity contribution in [3.63, 3.8) is 0 Å². The Morgan fingerprint density at radius 2 is 1.69 bits per heavy atom. The molecule has 2 fully saturated rings. The number of fused-ring (bicyclic) bond motifs is 1. The molecule has 0 radical (unpaired) electrons. The number of amides is 3. The predicted molar refractivity (Wildman–Crippen MR) is 106 cm³/mol. The summed E-state index contributed by atoms with van der Waals surface area (Å²) in [5.41, 5.74) is 0.548. The highest BCUT2D eigenvalue weighted by Crippen LogP contribution is 2.37. The van der Waals surface area contributed by atoms with Crippen LogP contribution in [0.25, 0.3) is 0 Å². The first-order valence-electron chi connectivity index (χ1n) is 9.60. The molecule has 1 aromatic carbocycles. The number of imide groups is 1. The van der Waals surface area contributed by atoms with Gasteiger partial charge < -0.3 is 9.64 Å². The quantitative estimate of drug-likeness (QED) is 0.573. The lowest BCUT2D eigenvalue weighted by molar-refractivity contribution is -0.145. The van der Waals surface area contributed by atoms with Crippen molar-refractivity contribution >= 4 is 29.1 Å². The number of hydrogen-bond acceptors (Lipinski definition) is 6. The fourth-order valence-electron chi connectivity index (χ4n) is 4.18. The number of nitrogens with zero attached hydrogens (tertiary/aromatic N) is 3. The summed E-state index contributed by atoms with van der Waals surface area (Å²) in [5.74, 6) is -0.0942. The average molecular weight is 409 g/mol. The molecule has 2 aromatic rings. The number of benzene rings is 1. The molecule has 1 aliphatic carbocycles. The molecule has 5 rings (SSSR count). The number of aromatic nitrogens is 1. The number of rotatable bonds is 4. The van der Waals surface area contributed by atoms with Gasteiger partial charge in [-0.1, -0.05) is 23.5 Å². The van der Waals surface area contributed by atoms with Crippen molar-refractivity contribution in [2.45, 2.75) is 18.9 Å². The second kappa shape index (κ2) is 7.11. The van der Waals surface area contributed by atoms with Gasteiger partial charge in [0, 0.05) is 30.2 Å². The first-order chi connectivity index (χ1) is 14.1. The average Bonchev–Trinajstić information content (AvgIpc) is 3.30. The second-order valence-corrected chi connectivity index (χ2v) is 8.35. The smallest absolute Gasteiger partial charge is 0.278 e. The van der Waals surface area contributed by atoms with E-state index in [1.165, 1.54) is 16.2 Å². The first-order valence-corrected chi connectivity index (χ1v) is 10.5. The van der Waals surface area contributed by atoms with Crippen molar-refractivity contribution in [3.05, 3.63) is 53.6 Å². The van der Waals surface area contributed by atoms with Gasteiger partial charge in [-0.05, 0) is 37.1 Å². The lowest BCUT2D eigenvalue weighted by Crippen LogP contribution is -2.62. The van der Waals surface area contributed by atoms with Crippen LogP contribution in [-0.2, 0) is 9.59 Å². The Labute approximate surface area is 171 Å². The fourth-order valence-corrected chi connectivity index (χ4v) is 4.68. The van der Waals surface area contributed by atoms with Crippen LogP contribution >= 0.6 is 11.3 Å². The van der Waals surface area contributed by atoms with Gasteiger partial charge in [-0.3, -0.25) is 19.3 Å². The predicted octanol–water partition coefficient (Wildman–Crippen LogP) is 2.71. The van der Waals surface area contributed by atoms with E-state index < -0.39 is 0 Å². The van der Waals surface area contributed by atoms with Gasteiger partial charge in [-0.2, -0.15) is 0 Å². The van der Waals surface area contributed by atoms with Gasteiger partial charge in [0.25, 0.3) is 11.1 Å². The van der Waals surface area contributed by atoms with E-state index in [4.69, 9.17) is 4.74 Å². The maximum atomic E-state index is 12.7. The number of likely N-dealkylation sites (tertiary alicyclic amines) is 2. The van der Waals surface area contributed by atoms with E-state index in [9.17, 15) is 14.4 Å². The minimum atomic E-state index is -0.220. The van der Waals surface area contributed by atoms with Crippen LogP contribution in [0.15, 0.2) is 48.0 Å². The molecule has 0 bridgehead atoms. The highest BCUT2D eigenvalue weighted by atomic mass is 32.1. The van der Waals surface area contributed by atoms with Crippen LogP contribution in [0.2, 0.25) is 0 Å². The Morgan fingerprint density at radius 3 is 2.28 bits per heavy atom. The molecular formula is C21H19N3O4S. The maximum absolute atomic E-state index is 12.7. The van der Waals surface area contributed by atoms with E-state index >= 15 is 0 Å². The second-order valence-electron chi connectivity index (χ2n) is 7.49. The summed E-state index contributed by atoms with van der Waals surface area (Å²) in [4.78, 5) is 45.1. The van der Waals surface area contributed by atoms with E-state index in [2.05, 4.69) is 4.98 Å². The molecular weight excluding hydrogens is 390 g/mol. The minimum Gasteiger partial charge on any atom is -0.431 e. The van der Waals surface area contributed by atoms with Gasteiger partial charge in [0.05, 0.1) is 17.9 Å². The molecule has 1 aromatic heterocycles. The van der Waals surface area contributed by atoms with Crippen LogP contribution in [0.1, 0.15) is 23.2 Å². The molecule has 2 atom stereocenters. The highest BCUT2D eigenvalue weighted by molar-refractivity contribution is 7.11. The maximum Gasteiger partial charge on any atom is 0.278 e. The molecule has 148 valence electrons. The number of hydrogen-bond donors (Lipinski definition) is 0. The van der Waals surface area contributed by atoms with Gasteiger partial charge >= 0.3 is 0 Å². The van der Waals surface area contributed by atoms with Crippen LogP contribution < -0.4 is 4.74 Å². The van der Waals surface area contributed by atoms with E-state index in [0.717, 1.165) is 0 Å². The van der Waals surface area contributed by atoms with Crippen LogP contribution in [0.5, 0.6) is 10.9 Å². The third-order valence-electron chi connectivity index (χ3n) is 5.77. The Hall–Kier alpha value is -3.00. The molecule has 2 unspecified atom stereocenters. The SMILES string of the molecule is O=C(c1ccc(Oc2nccs2)cc1)N1CC(N2C(=O)C3CC=CCC3C2=O)C1. The molecule has 29 heavy (non-hydrogen) atoms. The summed E-state index contributed by atoms with van der Waals surface area (Å²) in [6.07, 6.45) is 6.90. The molecule has 0 saturated carbocycles. The third kappa shape index (κ3) is 3.13. The Morgan fingerprint density at radius 1 is 1.03 bits per heavy atom. The molecule has 3 amide bonds. The van der Waals surface area contributed by atoms with Gasteiger partial charge in [-0.25, -0.2) is 4.98 Å². The topological polar surface area (TPSA) is 79.8 Å². The van der Waals surface area contributed by atoms with Gasteiger partial charge in [0.2, 0.25) is 11.8 Å². The summed E-state index contributed by atoms with van der Waals surface area (Å²) in [5, 5.41) is 2.37. The van der Waals surface area contributed by atoms with Crippen molar-refractivity contribution in [1.82, 2.24) is 14.8 Å². The monoisotopic (exact) mass is 409 g/mol. The Balaban J connectivity index is 1.20. The molecule has 0 spiro atoms. The molecule has 3 heterocycles. The summed E-state index contributed by atoms with van der Waals surface area (Å²) < 4.78 is 5.60. The Bertz CT molecular complexity index is 954. The van der Waals surface area contributed by atoms with Crippen LogP contribution in [0, 0.1) is 11.8 Å². The molecule has 2 aliphatic heterocycles. The first kappa shape index (κ1) is 18.1. The van der Waals surface area contributed by atoms with Gasteiger partial charge in [-0.15, -0.1) is 0 Å². The van der Waals surface area contributed by atoms with Gasteiger partial charge in [0.15, 0.2) is 0 Å². The zero-order valence-corrected chi connectivity index (χ0v) is 16.4. The van der Waals surface area contributed by atoms with Crippen LogP contribution in [0.3, 0.4) is 0 Å². The standard InChI is InChI=1S/C21H19N3O4S/c25-18(13-5-7-15(8-6-13)28-21-22-9-10-29-21)23-11-14(12-23)24-19(26)16-3-1-2-4-17(16)20(24)27/h1-2,5-10,14,16-17H,3-4,11-12H2. The number of thiazole rings is 1. The van der Waals surface area contributed by atoms with E-state index in [1.807, 2.05) is 17.5 Å². The summed E-state index contributed by atoms with van der Waals surface area (Å²) in [7, 11) is 0. The summed E-state index contributed by atoms with van der Waals surface area (Å²) in [6.45, 7) is 0.779. The molecule has 7 nitrogen and oxygen atoms in total. The number of ether oxygens (including phenoxy) is 1. The van der Waals surface area contributed by atoms with Crippen molar-refractivity contribution in [2.24, 2.45) is 11.8 Å². The van der Waals surface area contributed by atoms with Crippen molar-refractivity contribution in [2.75, 3.05) is 13.1 Å². The molecule has 2 saturated heterocycles. The molecule has 3 aliphatic rings. The zero-order chi connectivity index (χ0) is 20.0. The van der Waals surface area contributed by atoms with Crippen molar-refractivity contribution in [3.8, 4) is 10.9 Å². The number of carbonyl (C=O) groups is 3. The van der Waals surface area contributed by atoms with Crippen LogP contribution in [-0.4, -0.2) is 51.6 Å². The normalized spacial score (nSPS) is 23.9. The third-order valence-corrected chi connectivity index (χ3v) is 6.42. The van der Waals surface area contributed by atoms with E-state index in [0.29, 0.717) is 42.4 Å². The molecule has 8 heteroatoms. The summed E-state index contributed by atoms with van der Waals surface area (Å²) in [6, 6.07) is 6.68.